The van der Waals surface area contributed by atoms with Gasteiger partial charge < -0.3 is 16.0 Å². The Morgan fingerprint density at radius 2 is 1.71 bits per heavy atom. The largest absolute Gasteiger partial charge is 0.369 e. The van der Waals surface area contributed by atoms with Gasteiger partial charge in [0, 0.05) is 37.2 Å². The van der Waals surface area contributed by atoms with Crippen molar-refractivity contribution in [2.45, 2.75) is 57.4 Å². The van der Waals surface area contributed by atoms with Gasteiger partial charge in [0.25, 0.3) is 0 Å². The first-order chi connectivity index (χ1) is 11.6. The molecule has 3 amide bonds. The lowest BCUT2D eigenvalue weighted by molar-refractivity contribution is -0.137. The van der Waals surface area contributed by atoms with E-state index in [2.05, 4.69) is 5.32 Å². The van der Waals surface area contributed by atoms with Crippen molar-refractivity contribution >= 4 is 29.5 Å². The zero-order valence-corrected chi connectivity index (χ0v) is 15.1. The van der Waals surface area contributed by atoms with Gasteiger partial charge in [-0.1, -0.05) is 19.3 Å². The summed E-state index contributed by atoms with van der Waals surface area (Å²) in [4.78, 5) is 37.0. The molecule has 3 N–H and O–H groups in total. The molecule has 0 atom stereocenters. The van der Waals surface area contributed by atoms with Crippen molar-refractivity contribution < 1.29 is 14.4 Å². The average Bonchev–Trinajstić information content (AvgIpc) is 2.59. The second-order valence-electron chi connectivity index (χ2n) is 6.77. The zero-order valence-electron chi connectivity index (χ0n) is 14.3. The lowest BCUT2D eigenvalue weighted by Gasteiger charge is -2.35. The number of rotatable bonds is 7. The van der Waals surface area contributed by atoms with Gasteiger partial charge in [-0.3, -0.25) is 14.4 Å². The van der Waals surface area contributed by atoms with E-state index in [0.717, 1.165) is 38.8 Å². The number of nitrogens with two attached hydrogens (primary N) is 1. The van der Waals surface area contributed by atoms with Gasteiger partial charge >= 0.3 is 0 Å². The van der Waals surface area contributed by atoms with Crippen molar-refractivity contribution in [1.82, 2.24) is 10.2 Å². The number of primary amides is 1. The summed E-state index contributed by atoms with van der Waals surface area (Å²) in [5.74, 6) is 1.08. The monoisotopic (exact) mass is 355 g/mol. The Morgan fingerprint density at radius 1 is 1.04 bits per heavy atom. The Morgan fingerprint density at radius 3 is 2.33 bits per heavy atom. The number of hydrogen-bond donors (Lipinski definition) is 2. The fraction of sp³-hybridized carbons (Fsp3) is 0.824. The van der Waals surface area contributed by atoms with E-state index >= 15 is 0 Å². The van der Waals surface area contributed by atoms with Crippen LogP contribution in [0.3, 0.4) is 0 Å². The van der Waals surface area contributed by atoms with Gasteiger partial charge in [0.2, 0.25) is 17.7 Å². The summed E-state index contributed by atoms with van der Waals surface area (Å²) >= 11 is 1.38. The van der Waals surface area contributed by atoms with Crippen LogP contribution in [0.4, 0.5) is 0 Å². The van der Waals surface area contributed by atoms with Crippen molar-refractivity contribution in [2.75, 3.05) is 24.6 Å². The number of thioether (sulfide) groups is 1. The Kier molecular flexibility index (Phi) is 7.88. The van der Waals surface area contributed by atoms with Gasteiger partial charge in [-0.15, -0.1) is 0 Å². The number of nitrogens with one attached hydrogen (secondary N) is 1. The molecule has 6 nitrogen and oxygen atoms in total. The highest BCUT2D eigenvalue weighted by molar-refractivity contribution is 7.99. The van der Waals surface area contributed by atoms with Crippen LogP contribution in [0.15, 0.2) is 0 Å². The van der Waals surface area contributed by atoms with Crippen molar-refractivity contribution in [3.05, 3.63) is 0 Å². The van der Waals surface area contributed by atoms with Crippen LogP contribution in [0.2, 0.25) is 0 Å². The highest BCUT2D eigenvalue weighted by Gasteiger charge is 2.29. The smallest absolute Gasteiger partial charge is 0.227 e. The highest BCUT2D eigenvalue weighted by atomic mass is 32.2. The number of carbonyl (C=O) groups is 3. The van der Waals surface area contributed by atoms with Crippen molar-refractivity contribution in [3.63, 3.8) is 0 Å². The van der Waals surface area contributed by atoms with Gasteiger partial charge in [0.1, 0.15) is 0 Å². The Hall–Kier alpha value is -1.24. The average molecular weight is 356 g/mol. The summed E-state index contributed by atoms with van der Waals surface area (Å²) in [5.41, 5.74) is 5.06. The molecular formula is C17H29N3O3S. The standard InChI is InChI=1S/C17H29N3O3S/c18-15(21)12-24-11-8-16(22)19-14-6-9-20(10-7-14)17(23)13-4-2-1-3-5-13/h13-14H,1-12H2,(H2,18,21)(H,19,22). The normalized spacial score (nSPS) is 19.9. The van der Waals surface area contributed by atoms with E-state index in [1.54, 1.807) is 0 Å². The van der Waals surface area contributed by atoms with Crippen LogP contribution in [0.25, 0.3) is 0 Å². The predicted octanol–water partition coefficient (Wildman–Crippen LogP) is 1.28. The molecule has 0 unspecified atom stereocenters. The first-order valence-electron chi connectivity index (χ1n) is 9.00. The third-order valence-corrected chi connectivity index (χ3v) is 5.83. The topological polar surface area (TPSA) is 92.5 Å². The van der Waals surface area contributed by atoms with Gasteiger partial charge in [-0.25, -0.2) is 0 Å². The molecule has 0 aromatic carbocycles. The van der Waals surface area contributed by atoms with Gasteiger partial charge in [-0.05, 0) is 25.7 Å². The van der Waals surface area contributed by atoms with Gasteiger partial charge in [0.05, 0.1) is 5.75 Å². The molecule has 0 radical (unpaired) electrons. The van der Waals surface area contributed by atoms with Crippen LogP contribution in [-0.4, -0.2) is 53.3 Å². The Labute approximate surface area is 148 Å². The molecule has 7 heteroatoms. The first kappa shape index (κ1) is 19.1. The quantitative estimate of drug-likeness (QED) is 0.673. The fourth-order valence-electron chi connectivity index (χ4n) is 3.49. The SMILES string of the molecule is NC(=O)CSCCC(=O)NC1CCN(C(=O)C2CCCCC2)CC1. The molecule has 136 valence electrons. The summed E-state index contributed by atoms with van der Waals surface area (Å²) < 4.78 is 0. The number of amides is 3. The fourth-order valence-corrected chi connectivity index (χ4v) is 4.16. The summed E-state index contributed by atoms with van der Waals surface area (Å²) in [6.45, 7) is 1.49. The van der Waals surface area contributed by atoms with Crippen LogP contribution in [0.5, 0.6) is 0 Å². The summed E-state index contributed by atoms with van der Waals surface area (Å²) in [6.07, 6.45) is 7.76. The molecule has 2 aliphatic rings. The minimum Gasteiger partial charge on any atom is -0.369 e. The van der Waals surface area contributed by atoms with E-state index in [0.29, 0.717) is 18.1 Å². The van der Waals surface area contributed by atoms with E-state index in [-0.39, 0.29) is 29.5 Å². The molecule has 24 heavy (non-hydrogen) atoms. The molecule has 2 fully saturated rings. The maximum Gasteiger partial charge on any atom is 0.227 e. The third kappa shape index (κ3) is 6.34. The summed E-state index contributed by atoms with van der Waals surface area (Å²) in [6, 6.07) is 0.161. The van der Waals surface area contributed by atoms with E-state index in [1.165, 1.54) is 31.0 Å². The Bertz CT molecular complexity index is 444. The van der Waals surface area contributed by atoms with Gasteiger partial charge in [-0.2, -0.15) is 11.8 Å². The maximum absolute atomic E-state index is 12.5. The minimum atomic E-state index is -0.351. The van der Waals surface area contributed by atoms with E-state index in [9.17, 15) is 14.4 Å². The summed E-state index contributed by atoms with van der Waals surface area (Å²) in [5, 5.41) is 3.04. The van der Waals surface area contributed by atoms with Crippen molar-refractivity contribution in [1.29, 1.82) is 0 Å². The molecule has 0 spiro atoms. The van der Waals surface area contributed by atoms with Crippen LogP contribution in [0, 0.1) is 5.92 Å². The molecule has 1 saturated carbocycles. The minimum absolute atomic E-state index is 0.0176. The molecular weight excluding hydrogens is 326 g/mol. The van der Waals surface area contributed by atoms with Gasteiger partial charge in [0.15, 0.2) is 0 Å². The first-order valence-corrected chi connectivity index (χ1v) is 10.2. The molecule has 1 aliphatic heterocycles. The van der Waals surface area contributed by atoms with Crippen LogP contribution in [-0.2, 0) is 14.4 Å². The van der Waals surface area contributed by atoms with Crippen LogP contribution < -0.4 is 11.1 Å². The van der Waals surface area contributed by atoms with Crippen molar-refractivity contribution in [3.8, 4) is 0 Å². The zero-order chi connectivity index (χ0) is 17.4. The molecule has 1 saturated heterocycles. The van der Waals surface area contributed by atoms with E-state index in [1.807, 2.05) is 4.90 Å². The second kappa shape index (κ2) is 9.91. The molecule has 2 rings (SSSR count). The number of likely N-dealkylation sites (tertiary alicyclic amines) is 1. The Balaban J connectivity index is 1.62. The molecule has 0 aromatic heterocycles. The highest BCUT2D eigenvalue weighted by Crippen LogP contribution is 2.26. The van der Waals surface area contributed by atoms with E-state index < -0.39 is 0 Å². The number of hydrogen-bond acceptors (Lipinski definition) is 4. The number of nitrogens with zero attached hydrogens (tertiary/aromatic N) is 1. The second-order valence-corrected chi connectivity index (χ2v) is 7.88. The lowest BCUT2D eigenvalue weighted by Crippen LogP contribution is -2.48. The third-order valence-electron chi connectivity index (χ3n) is 4.84. The molecule has 1 heterocycles. The van der Waals surface area contributed by atoms with Crippen molar-refractivity contribution in [2.24, 2.45) is 11.7 Å². The maximum atomic E-state index is 12.5. The number of piperidine rings is 1. The van der Waals surface area contributed by atoms with Crippen LogP contribution in [0.1, 0.15) is 51.4 Å². The molecule has 0 aromatic rings. The van der Waals surface area contributed by atoms with Crippen LogP contribution >= 0.6 is 11.8 Å². The predicted molar refractivity (Wildman–Crippen MR) is 95.5 cm³/mol. The molecule has 0 bridgehead atoms. The summed E-state index contributed by atoms with van der Waals surface area (Å²) in [7, 11) is 0. The lowest BCUT2D eigenvalue weighted by atomic mass is 9.87. The molecule has 1 aliphatic carbocycles. The van der Waals surface area contributed by atoms with E-state index in [4.69, 9.17) is 5.73 Å². The number of carbonyl (C=O) groups excluding carboxylic acids is 3.